The average molecular weight is 418 g/mol. The third-order valence-electron chi connectivity index (χ3n) is 6.84. The molecule has 1 aliphatic carbocycles. The molecule has 1 fully saturated rings. The summed E-state index contributed by atoms with van der Waals surface area (Å²) in [4.78, 5) is 2.33. The molecule has 32 heavy (non-hydrogen) atoms. The highest BCUT2D eigenvalue weighted by molar-refractivity contribution is 6.20. The van der Waals surface area contributed by atoms with Crippen molar-refractivity contribution >= 4 is 16.5 Å². The molecule has 0 saturated carbocycles. The Labute approximate surface area is 186 Å². The lowest BCUT2D eigenvalue weighted by atomic mass is 9.88. The molecule has 1 saturated heterocycles. The highest BCUT2D eigenvalue weighted by Crippen LogP contribution is 2.54. The first-order valence-electron chi connectivity index (χ1n) is 11.1. The summed E-state index contributed by atoms with van der Waals surface area (Å²) >= 11 is 0. The molecule has 0 aromatic heterocycles. The molecule has 1 heterocycles. The fourth-order valence-electron chi connectivity index (χ4n) is 5.39. The molecule has 0 spiro atoms. The number of hydrogen-bond acceptors (Lipinski definition) is 4. The lowest BCUT2D eigenvalue weighted by molar-refractivity contribution is 0.404. The van der Waals surface area contributed by atoms with E-state index in [1.54, 1.807) is 6.07 Å². The summed E-state index contributed by atoms with van der Waals surface area (Å²) < 4.78 is 0. The van der Waals surface area contributed by atoms with Crippen LogP contribution in [0.15, 0.2) is 60.7 Å². The second kappa shape index (κ2) is 7.03. The summed E-state index contributed by atoms with van der Waals surface area (Å²) in [6, 6.07) is 22.2. The molecule has 2 N–H and O–H groups in total. The van der Waals surface area contributed by atoms with Gasteiger partial charge in [0.2, 0.25) is 0 Å². The van der Waals surface area contributed by atoms with E-state index in [9.17, 15) is 15.5 Å². The van der Waals surface area contributed by atoms with Crippen LogP contribution in [-0.4, -0.2) is 23.3 Å². The van der Waals surface area contributed by atoms with Crippen molar-refractivity contribution in [2.24, 2.45) is 0 Å². The van der Waals surface area contributed by atoms with E-state index >= 15 is 0 Å². The van der Waals surface area contributed by atoms with Crippen LogP contribution in [0, 0.1) is 11.3 Å². The number of phenols is 2. The van der Waals surface area contributed by atoms with Crippen molar-refractivity contribution in [1.29, 1.82) is 5.26 Å². The maximum atomic E-state index is 10.3. The van der Waals surface area contributed by atoms with Gasteiger partial charge < -0.3 is 15.1 Å². The zero-order chi connectivity index (χ0) is 21.8. The van der Waals surface area contributed by atoms with Gasteiger partial charge in [-0.2, -0.15) is 5.26 Å². The van der Waals surface area contributed by atoms with Crippen LogP contribution in [0.2, 0.25) is 0 Å². The average Bonchev–Trinajstić information content (AvgIpc) is 3.17. The minimum absolute atomic E-state index is 0.138. The minimum atomic E-state index is -0.145. The molecule has 4 heteroatoms. The Balaban J connectivity index is 1.74. The van der Waals surface area contributed by atoms with Crippen LogP contribution < -0.4 is 4.90 Å². The van der Waals surface area contributed by atoms with Gasteiger partial charge in [0.15, 0.2) is 11.5 Å². The van der Waals surface area contributed by atoms with Gasteiger partial charge >= 0.3 is 0 Å². The summed E-state index contributed by atoms with van der Waals surface area (Å²) in [5.41, 5.74) is 7.67. The predicted molar refractivity (Wildman–Crippen MR) is 128 cm³/mol. The number of phenolic OH excluding ortho intramolecular Hbond substituents is 2. The van der Waals surface area contributed by atoms with Crippen molar-refractivity contribution in [2.45, 2.75) is 19.3 Å². The van der Waals surface area contributed by atoms with E-state index in [0.717, 1.165) is 75.9 Å². The molecule has 156 valence electrons. The fraction of sp³-hybridized carbons (Fsp3) is 0.179. The van der Waals surface area contributed by atoms with Crippen molar-refractivity contribution in [1.82, 2.24) is 0 Å². The van der Waals surface area contributed by atoms with Gasteiger partial charge in [-0.05, 0) is 76.1 Å². The van der Waals surface area contributed by atoms with Gasteiger partial charge in [-0.1, -0.05) is 42.5 Å². The van der Waals surface area contributed by atoms with E-state index in [1.807, 2.05) is 6.07 Å². The number of piperidine rings is 1. The van der Waals surface area contributed by atoms with Crippen LogP contribution in [-0.2, 0) is 0 Å². The number of anilines is 1. The standard InChI is InChI=1S/C28H22N2O2/c29-16-22-23(30-12-2-1-3-13-30)15-21(18-10-11-24(31)25(32)14-18)27-19-8-4-6-17-7-5-9-20(26(17)19)28(22)27/h4-11,14-15,31-32H,1-3,12-13H2. The van der Waals surface area contributed by atoms with Crippen molar-refractivity contribution in [3.8, 4) is 50.9 Å². The zero-order valence-electron chi connectivity index (χ0n) is 17.6. The third-order valence-corrected chi connectivity index (χ3v) is 6.84. The molecule has 2 aliphatic rings. The SMILES string of the molecule is N#Cc1c(N2CCCCC2)cc(-c2ccc(O)c(O)c2)c2c1-c1cccc3cccc-2c13. The smallest absolute Gasteiger partial charge is 0.158 e. The molecule has 0 atom stereocenters. The van der Waals surface area contributed by atoms with Crippen molar-refractivity contribution in [3.63, 3.8) is 0 Å². The van der Waals surface area contributed by atoms with Crippen LogP contribution in [0.5, 0.6) is 11.5 Å². The maximum absolute atomic E-state index is 10.3. The molecular weight excluding hydrogens is 396 g/mol. The molecule has 0 unspecified atom stereocenters. The molecule has 0 bridgehead atoms. The number of nitrogens with zero attached hydrogens (tertiary/aromatic N) is 2. The van der Waals surface area contributed by atoms with E-state index in [-0.39, 0.29) is 11.5 Å². The first kappa shape index (κ1) is 18.8. The number of aromatic hydroxyl groups is 2. The summed E-state index contributed by atoms with van der Waals surface area (Å²) in [5, 5.41) is 32.8. The number of hydrogen-bond donors (Lipinski definition) is 2. The molecule has 0 radical (unpaired) electrons. The predicted octanol–water partition coefficient (Wildman–Crippen LogP) is 6.43. The molecule has 1 aliphatic heterocycles. The number of benzene rings is 4. The van der Waals surface area contributed by atoms with Gasteiger partial charge in [-0.15, -0.1) is 0 Å². The van der Waals surface area contributed by atoms with Crippen LogP contribution in [0.1, 0.15) is 24.8 Å². The van der Waals surface area contributed by atoms with E-state index < -0.39 is 0 Å². The monoisotopic (exact) mass is 418 g/mol. The second-order valence-corrected chi connectivity index (χ2v) is 8.64. The molecular formula is C28H22N2O2. The van der Waals surface area contributed by atoms with Crippen LogP contribution >= 0.6 is 0 Å². The third kappa shape index (κ3) is 2.61. The van der Waals surface area contributed by atoms with E-state index in [4.69, 9.17) is 0 Å². The van der Waals surface area contributed by atoms with Crippen LogP contribution in [0.25, 0.3) is 44.2 Å². The summed E-state index contributed by atoms with van der Waals surface area (Å²) in [6.45, 7) is 1.87. The van der Waals surface area contributed by atoms with Crippen LogP contribution in [0.4, 0.5) is 5.69 Å². The minimum Gasteiger partial charge on any atom is -0.504 e. The quantitative estimate of drug-likeness (QED) is 0.324. The first-order valence-corrected chi connectivity index (χ1v) is 11.1. The highest BCUT2D eigenvalue weighted by atomic mass is 16.3. The van der Waals surface area contributed by atoms with Gasteiger partial charge in [0.05, 0.1) is 11.3 Å². The fourth-order valence-corrected chi connectivity index (χ4v) is 5.39. The van der Waals surface area contributed by atoms with E-state index in [1.165, 1.54) is 17.9 Å². The topological polar surface area (TPSA) is 67.5 Å². The number of rotatable bonds is 2. The second-order valence-electron chi connectivity index (χ2n) is 8.64. The Morgan fingerprint density at radius 1 is 0.750 bits per heavy atom. The lowest BCUT2D eigenvalue weighted by Gasteiger charge is -2.31. The van der Waals surface area contributed by atoms with E-state index in [2.05, 4.69) is 53.4 Å². The molecule has 4 aromatic carbocycles. The maximum Gasteiger partial charge on any atom is 0.158 e. The Morgan fingerprint density at radius 3 is 2.16 bits per heavy atom. The lowest BCUT2D eigenvalue weighted by Crippen LogP contribution is -2.30. The van der Waals surface area contributed by atoms with Gasteiger partial charge in [-0.25, -0.2) is 0 Å². The Bertz CT molecular complexity index is 1440. The normalized spacial score (nSPS) is 14.4. The molecule has 0 amide bonds. The molecule has 4 nitrogen and oxygen atoms in total. The number of nitriles is 1. The molecule has 4 aromatic rings. The van der Waals surface area contributed by atoms with Gasteiger partial charge in [-0.3, -0.25) is 0 Å². The summed E-state index contributed by atoms with van der Waals surface area (Å²) in [6.07, 6.45) is 3.45. The first-order chi connectivity index (χ1) is 15.7. The summed E-state index contributed by atoms with van der Waals surface area (Å²) in [5.74, 6) is -0.283. The highest BCUT2D eigenvalue weighted by Gasteiger charge is 2.31. The Morgan fingerprint density at radius 2 is 1.47 bits per heavy atom. The van der Waals surface area contributed by atoms with E-state index in [0.29, 0.717) is 0 Å². The van der Waals surface area contributed by atoms with Gasteiger partial charge in [0, 0.05) is 18.7 Å². The number of fused-ring (bicyclic) bond motifs is 3. The largest absolute Gasteiger partial charge is 0.504 e. The molecule has 6 rings (SSSR count). The summed E-state index contributed by atoms with van der Waals surface area (Å²) in [7, 11) is 0. The van der Waals surface area contributed by atoms with Crippen LogP contribution in [0.3, 0.4) is 0 Å². The van der Waals surface area contributed by atoms with Crippen molar-refractivity contribution in [2.75, 3.05) is 18.0 Å². The van der Waals surface area contributed by atoms with Gasteiger partial charge in [0.25, 0.3) is 0 Å². The zero-order valence-corrected chi connectivity index (χ0v) is 17.6. The van der Waals surface area contributed by atoms with Gasteiger partial charge in [0.1, 0.15) is 6.07 Å². The van der Waals surface area contributed by atoms with Crippen molar-refractivity contribution < 1.29 is 10.2 Å². The van der Waals surface area contributed by atoms with Crippen molar-refractivity contribution in [3.05, 3.63) is 66.2 Å². The Kier molecular flexibility index (Phi) is 4.13. The Hall–Kier alpha value is -3.97.